The van der Waals surface area contributed by atoms with Crippen LogP contribution < -0.4 is 0 Å². The fraction of sp³-hybridized carbons (Fsp3) is 0.0755. The fourth-order valence-electron chi connectivity index (χ4n) is 8.94. The van der Waals surface area contributed by atoms with Gasteiger partial charge in [0.05, 0.1) is 11.2 Å². The van der Waals surface area contributed by atoms with Crippen molar-refractivity contribution in [2.75, 3.05) is 0 Å². The highest BCUT2D eigenvalue weighted by Crippen LogP contribution is 2.54. The SMILES string of the molecule is CC1(c2ccccc2)c2ccccc2-c2cc3c4c(n(-c5ccc(-c6nc(C7=CCCC=C7)nc(-c7ccc(-c8ccccc8)cc7)n6)cc5)c3cc21)C=C=C=C4. The molecule has 1 unspecified atom stereocenters. The van der Waals surface area contributed by atoms with Gasteiger partial charge in [-0.1, -0.05) is 139 Å². The first-order chi connectivity index (χ1) is 28.1. The lowest BCUT2D eigenvalue weighted by Crippen LogP contribution is -2.22. The van der Waals surface area contributed by atoms with Crippen LogP contribution in [0.2, 0.25) is 0 Å². The maximum atomic E-state index is 5.08. The summed E-state index contributed by atoms with van der Waals surface area (Å²) in [6.07, 6.45) is 12.7. The maximum Gasteiger partial charge on any atom is 0.164 e. The van der Waals surface area contributed by atoms with Crippen LogP contribution in [0.3, 0.4) is 0 Å². The number of rotatable bonds is 6. The van der Waals surface area contributed by atoms with Crippen LogP contribution >= 0.6 is 0 Å². The summed E-state index contributed by atoms with van der Waals surface area (Å²) in [5.41, 5.74) is 22.4. The van der Waals surface area contributed by atoms with Crippen molar-refractivity contribution < 1.29 is 0 Å². The van der Waals surface area contributed by atoms with Crippen molar-refractivity contribution in [3.8, 4) is 50.7 Å². The molecule has 2 aromatic heterocycles. The van der Waals surface area contributed by atoms with Crippen molar-refractivity contribution in [1.29, 1.82) is 0 Å². The van der Waals surface area contributed by atoms with Gasteiger partial charge in [0.1, 0.15) is 0 Å². The monoisotopic (exact) mass is 728 g/mol. The van der Waals surface area contributed by atoms with Gasteiger partial charge >= 0.3 is 0 Å². The second kappa shape index (κ2) is 13.2. The highest BCUT2D eigenvalue weighted by molar-refractivity contribution is 6.01. The number of fused-ring (bicyclic) bond motifs is 6. The van der Waals surface area contributed by atoms with Crippen LogP contribution in [0.25, 0.3) is 79.3 Å². The first kappa shape index (κ1) is 33.0. The minimum absolute atomic E-state index is 0.302. The third kappa shape index (κ3) is 5.35. The molecule has 268 valence electrons. The van der Waals surface area contributed by atoms with E-state index in [1.54, 1.807) is 0 Å². The Morgan fingerprint density at radius 3 is 1.93 bits per heavy atom. The van der Waals surface area contributed by atoms with Crippen LogP contribution in [-0.4, -0.2) is 19.5 Å². The molecule has 0 radical (unpaired) electrons. The number of nitrogens with zero attached hydrogens (tertiary/aromatic N) is 4. The zero-order valence-corrected chi connectivity index (χ0v) is 31.4. The van der Waals surface area contributed by atoms with Crippen molar-refractivity contribution in [1.82, 2.24) is 19.5 Å². The number of aromatic nitrogens is 4. The average Bonchev–Trinajstić information content (AvgIpc) is 3.75. The van der Waals surface area contributed by atoms with Gasteiger partial charge in [0, 0.05) is 44.8 Å². The van der Waals surface area contributed by atoms with Crippen molar-refractivity contribution in [2.24, 2.45) is 0 Å². The van der Waals surface area contributed by atoms with Gasteiger partial charge in [-0.25, -0.2) is 15.0 Å². The minimum Gasteiger partial charge on any atom is -0.309 e. The largest absolute Gasteiger partial charge is 0.309 e. The lowest BCUT2D eigenvalue weighted by atomic mass is 9.74. The third-order valence-corrected chi connectivity index (χ3v) is 11.9. The van der Waals surface area contributed by atoms with E-state index in [0.29, 0.717) is 17.5 Å². The van der Waals surface area contributed by atoms with Gasteiger partial charge < -0.3 is 4.57 Å². The molecule has 0 bridgehead atoms. The molecule has 0 N–H and O–H groups in total. The molecule has 0 saturated heterocycles. The molecule has 0 fully saturated rings. The molecule has 3 aliphatic carbocycles. The first-order valence-electron chi connectivity index (χ1n) is 19.6. The van der Waals surface area contributed by atoms with Crippen molar-refractivity contribution in [3.63, 3.8) is 0 Å². The average molecular weight is 729 g/mol. The summed E-state index contributed by atoms with van der Waals surface area (Å²) in [6.45, 7) is 2.37. The molecule has 4 nitrogen and oxygen atoms in total. The zero-order chi connectivity index (χ0) is 37.9. The Morgan fingerprint density at radius 2 is 1.19 bits per heavy atom. The van der Waals surface area contributed by atoms with Gasteiger partial charge in [0.15, 0.2) is 17.5 Å². The molecule has 11 rings (SSSR count). The predicted molar refractivity (Wildman–Crippen MR) is 233 cm³/mol. The summed E-state index contributed by atoms with van der Waals surface area (Å²) >= 11 is 0. The van der Waals surface area contributed by atoms with Crippen LogP contribution in [0.1, 0.15) is 53.5 Å². The standard InChI is InChI=1S/C53H36N4/c1-53(40-19-9-4-10-20-40)46-23-13-11-21-42(46)44-33-45-43-22-12-14-24-48(43)57(49(45)34-47(44)53)41-31-29-39(30-32-41)52-55-50(37-17-7-3-8-18-37)54-51(56-52)38-27-25-36(26-28-38)35-15-5-2-6-16-35/h2,4-7,9-11,13,15-34H,3,8H2,1H3. The summed E-state index contributed by atoms with van der Waals surface area (Å²) in [6, 6.07) is 52.1. The Bertz CT molecular complexity index is 3060. The molecule has 6 aromatic carbocycles. The summed E-state index contributed by atoms with van der Waals surface area (Å²) in [5, 5.41) is 1.20. The van der Waals surface area contributed by atoms with Gasteiger partial charge in [0.25, 0.3) is 0 Å². The van der Waals surface area contributed by atoms with Gasteiger partial charge in [-0.05, 0) is 101 Å². The summed E-state index contributed by atoms with van der Waals surface area (Å²) in [5.74, 6) is 1.99. The van der Waals surface area contributed by atoms with E-state index >= 15 is 0 Å². The minimum atomic E-state index is -0.302. The lowest BCUT2D eigenvalue weighted by Gasteiger charge is -2.28. The van der Waals surface area contributed by atoms with Crippen molar-refractivity contribution in [2.45, 2.75) is 25.2 Å². The van der Waals surface area contributed by atoms with E-state index in [4.69, 9.17) is 15.0 Å². The van der Waals surface area contributed by atoms with Crippen LogP contribution in [0.15, 0.2) is 175 Å². The van der Waals surface area contributed by atoms with E-state index in [1.807, 2.05) is 6.07 Å². The van der Waals surface area contributed by atoms with E-state index < -0.39 is 0 Å². The molecule has 0 aliphatic heterocycles. The van der Waals surface area contributed by atoms with E-state index in [9.17, 15) is 0 Å². The molecule has 2 heterocycles. The fourth-order valence-corrected chi connectivity index (χ4v) is 8.94. The van der Waals surface area contributed by atoms with Crippen LogP contribution in [0.4, 0.5) is 0 Å². The van der Waals surface area contributed by atoms with Crippen LogP contribution in [0, 0.1) is 0 Å². The Hall–Kier alpha value is -7.35. The van der Waals surface area contributed by atoms with Gasteiger partial charge in [-0.3, -0.25) is 0 Å². The first-order valence-corrected chi connectivity index (χ1v) is 19.6. The highest BCUT2D eigenvalue weighted by atomic mass is 15.0. The number of hydrogen-bond acceptors (Lipinski definition) is 3. The maximum absolute atomic E-state index is 5.08. The van der Waals surface area contributed by atoms with Crippen LogP contribution in [-0.2, 0) is 5.41 Å². The molecule has 0 spiro atoms. The quantitative estimate of drug-likeness (QED) is 0.160. The smallest absolute Gasteiger partial charge is 0.164 e. The second-order valence-electron chi connectivity index (χ2n) is 15.1. The summed E-state index contributed by atoms with van der Waals surface area (Å²) in [4.78, 5) is 15.1. The van der Waals surface area contributed by atoms with Gasteiger partial charge in [-0.2, -0.15) is 0 Å². The molecule has 0 saturated carbocycles. The summed E-state index contributed by atoms with van der Waals surface area (Å²) < 4.78 is 2.36. The van der Waals surface area contributed by atoms with Crippen LogP contribution in [0.5, 0.6) is 0 Å². The van der Waals surface area contributed by atoms with Gasteiger partial charge in [0.2, 0.25) is 0 Å². The third-order valence-electron chi connectivity index (χ3n) is 11.9. The molecular weight excluding hydrogens is 693 g/mol. The van der Waals surface area contributed by atoms with Crippen molar-refractivity contribution in [3.05, 3.63) is 209 Å². The Balaban J connectivity index is 1.03. The van der Waals surface area contributed by atoms with E-state index in [-0.39, 0.29) is 5.41 Å². The highest BCUT2D eigenvalue weighted by Gasteiger charge is 2.41. The van der Waals surface area contributed by atoms with E-state index in [0.717, 1.165) is 57.6 Å². The van der Waals surface area contributed by atoms with Crippen molar-refractivity contribution >= 4 is 28.6 Å². The molecule has 4 heteroatoms. The topological polar surface area (TPSA) is 43.6 Å². The number of benzene rings is 6. The summed E-state index contributed by atoms with van der Waals surface area (Å²) in [7, 11) is 0. The molecule has 0 amide bonds. The molecule has 3 aliphatic rings. The zero-order valence-electron chi connectivity index (χ0n) is 31.4. The van der Waals surface area contributed by atoms with E-state index in [1.165, 1.54) is 38.8 Å². The van der Waals surface area contributed by atoms with Gasteiger partial charge in [-0.15, -0.1) is 0 Å². The van der Waals surface area contributed by atoms with E-state index in [2.05, 4.69) is 193 Å². The molecule has 8 aromatic rings. The Morgan fingerprint density at radius 1 is 0.561 bits per heavy atom. The normalized spacial score (nSPS) is 16.1. The predicted octanol–water partition coefficient (Wildman–Crippen LogP) is 12.7. The molecular formula is C53H36N4. The Labute approximate surface area is 331 Å². The second-order valence-corrected chi connectivity index (χ2v) is 15.1. The molecule has 57 heavy (non-hydrogen) atoms. The Kier molecular flexibility index (Phi) is 7.62. The lowest BCUT2D eigenvalue weighted by molar-refractivity contribution is 0.714. The number of allylic oxidation sites excluding steroid dienone is 4. The number of hydrogen-bond donors (Lipinski definition) is 0. The molecule has 1 atom stereocenters.